The number of nitrogens with one attached hydrogen (secondary N) is 1. The van der Waals surface area contributed by atoms with Gasteiger partial charge in [-0.05, 0) is 13.0 Å². The first-order valence-electron chi connectivity index (χ1n) is 5.00. The Hall–Kier alpha value is -0.850. The van der Waals surface area contributed by atoms with Crippen molar-refractivity contribution in [3.05, 3.63) is 0 Å². The van der Waals surface area contributed by atoms with Gasteiger partial charge in [-0.1, -0.05) is 0 Å². The van der Waals surface area contributed by atoms with E-state index in [0.717, 1.165) is 13.0 Å². The molecule has 0 aromatic heterocycles. The highest BCUT2D eigenvalue weighted by Crippen LogP contribution is 1.90. The van der Waals surface area contributed by atoms with Crippen LogP contribution in [0.5, 0.6) is 0 Å². The van der Waals surface area contributed by atoms with Crippen molar-refractivity contribution in [2.75, 3.05) is 46.5 Å². The van der Waals surface area contributed by atoms with Crippen LogP contribution in [-0.2, 0) is 4.74 Å². The van der Waals surface area contributed by atoms with E-state index in [9.17, 15) is 4.79 Å². The van der Waals surface area contributed by atoms with Gasteiger partial charge < -0.3 is 20.3 Å². The maximum Gasteiger partial charge on any atom is 0.406 e. The van der Waals surface area contributed by atoms with E-state index in [-0.39, 0.29) is 13.2 Å². The van der Waals surface area contributed by atoms with E-state index >= 15 is 0 Å². The van der Waals surface area contributed by atoms with Crippen LogP contribution >= 0.6 is 0 Å². The van der Waals surface area contributed by atoms with E-state index in [0.29, 0.717) is 19.6 Å². The summed E-state index contributed by atoms with van der Waals surface area (Å²) in [7, 11) is 1.32. The Morgan fingerprint density at radius 3 is 2.33 bits per heavy atom. The second-order valence-corrected chi connectivity index (χ2v) is 3.06. The lowest BCUT2D eigenvalue weighted by Gasteiger charge is -2.19. The third-order valence-electron chi connectivity index (χ3n) is 1.94. The van der Waals surface area contributed by atoms with E-state index in [1.54, 1.807) is 0 Å². The Labute approximate surface area is 89.8 Å². The lowest BCUT2D eigenvalue weighted by atomic mass is 10.3. The molecule has 0 aliphatic rings. The number of aliphatic hydroxyl groups is 2. The predicted octanol–water partition coefficient (Wildman–Crippen LogP) is -0.981. The number of rotatable bonds is 8. The van der Waals surface area contributed by atoms with Crippen molar-refractivity contribution in [3.63, 3.8) is 0 Å². The zero-order valence-electron chi connectivity index (χ0n) is 9.11. The first kappa shape index (κ1) is 14.2. The van der Waals surface area contributed by atoms with Gasteiger partial charge in [-0.15, -0.1) is 0 Å². The van der Waals surface area contributed by atoms with Gasteiger partial charge >= 0.3 is 6.09 Å². The minimum absolute atomic E-state index is 0.0738. The van der Waals surface area contributed by atoms with Crippen LogP contribution < -0.4 is 5.32 Å². The number of ether oxygens (including phenoxy) is 1. The Morgan fingerprint density at radius 2 is 1.87 bits per heavy atom. The van der Waals surface area contributed by atoms with Gasteiger partial charge in [0.2, 0.25) is 0 Å². The minimum Gasteiger partial charge on any atom is -0.453 e. The molecule has 15 heavy (non-hydrogen) atoms. The topological polar surface area (TPSA) is 82.0 Å². The van der Waals surface area contributed by atoms with Crippen LogP contribution in [0.4, 0.5) is 4.79 Å². The quantitative estimate of drug-likeness (QED) is 0.458. The third-order valence-corrected chi connectivity index (χ3v) is 1.94. The molecule has 3 N–H and O–H groups in total. The molecular formula is C9H20N2O4. The number of hydrogen-bond acceptors (Lipinski definition) is 5. The summed E-state index contributed by atoms with van der Waals surface area (Å²) in [6, 6.07) is 0. The van der Waals surface area contributed by atoms with Gasteiger partial charge in [-0.3, -0.25) is 4.90 Å². The van der Waals surface area contributed by atoms with Crippen LogP contribution in [-0.4, -0.2) is 67.7 Å². The molecule has 0 unspecified atom stereocenters. The van der Waals surface area contributed by atoms with Crippen molar-refractivity contribution >= 4 is 6.09 Å². The first-order chi connectivity index (χ1) is 7.24. The average molecular weight is 220 g/mol. The van der Waals surface area contributed by atoms with Crippen LogP contribution in [0.25, 0.3) is 0 Å². The predicted molar refractivity (Wildman–Crippen MR) is 55.6 cm³/mol. The van der Waals surface area contributed by atoms with Crippen molar-refractivity contribution in [1.82, 2.24) is 10.2 Å². The second-order valence-electron chi connectivity index (χ2n) is 3.06. The molecule has 0 fully saturated rings. The largest absolute Gasteiger partial charge is 0.453 e. The van der Waals surface area contributed by atoms with E-state index in [4.69, 9.17) is 10.2 Å². The third kappa shape index (κ3) is 8.17. The monoisotopic (exact) mass is 220 g/mol. The molecule has 0 aromatic rings. The molecule has 1 amide bonds. The van der Waals surface area contributed by atoms with Crippen LogP contribution in [0, 0.1) is 0 Å². The van der Waals surface area contributed by atoms with Crippen LogP contribution in [0.3, 0.4) is 0 Å². The molecule has 0 bridgehead atoms. The van der Waals surface area contributed by atoms with Crippen molar-refractivity contribution < 1.29 is 19.7 Å². The van der Waals surface area contributed by atoms with Gasteiger partial charge in [-0.2, -0.15) is 0 Å². The fourth-order valence-corrected chi connectivity index (χ4v) is 1.18. The van der Waals surface area contributed by atoms with Crippen molar-refractivity contribution in [2.45, 2.75) is 6.42 Å². The fraction of sp³-hybridized carbons (Fsp3) is 0.889. The molecule has 0 aromatic carbocycles. The Kier molecular flexibility index (Phi) is 9.15. The molecular weight excluding hydrogens is 200 g/mol. The Bertz CT molecular complexity index is 160. The summed E-state index contributed by atoms with van der Waals surface area (Å²) in [6.45, 7) is 2.48. The molecule has 6 nitrogen and oxygen atoms in total. The molecule has 0 aliphatic carbocycles. The highest BCUT2D eigenvalue weighted by atomic mass is 16.5. The molecule has 0 heterocycles. The summed E-state index contributed by atoms with van der Waals surface area (Å²) in [4.78, 5) is 12.6. The molecule has 0 atom stereocenters. The fourth-order valence-electron chi connectivity index (χ4n) is 1.18. The number of alkyl carbamates (subject to hydrolysis) is 1. The summed E-state index contributed by atoms with van der Waals surface area (Å²) in [6.07, 6.45) is 0.320. The lowest BCUT2D eigenvalue weighted by Crippen LogP contribution is -2.33. The molecule has 0 saturated carbocycles. The number of carbonyl (C=O) groups excluding carboxylic acids is 1. The summed E-state index contributed by atoms with van der Waals surface area (Å²) < 4.78 is 4.41. The van der Waals surface area contributed by atoms with Gasteiger partial charge in [0, 0.05) is 19.6 Å². The normalized spacial score (nSPS) is 10.4. The molecule has 6 heteroatoms. The Morgan fingerprint density at radius 1 is 1.27 bits per heavy atom. The summed E-state index contributed by atoms with van der Waals surface area (Å²) >= 11 is 0. The smallest absolute Gasteiger partial charge is 0.406 e. The van der Waals surface area contributed by atoms with E-state index < -0.39 is 6.09 Å². The maximum absolute atomic E-state index is 10.7. The minimum atomic E-state index is -0.439. The summed E-state index contributed by atoms with van der Waals surface area (Å²) in [5, 5.41) is 20.0. The number of methoxy groups -OCH3 is 1. The van der Waals surface area contributed by atoms with Crippen LogP contribution in [0.15, 0.2) is 0 Å². The lowest BCUT2D eigenvalue weighted by molar-refractivity contribution is 0.156. The molecule has 0 radical (unpaired) electrons. The number of aliphatic hydroxyl groups excluding tert-OH is 2. The number of amides is 1. The highest BCUT2D eigenvalue weighted by Gasteiger charge is 2.03. The molecule has 0 spiro atoms. The second kappa shape index (κ2) is 9.70. The van der Waals surface area contributed by atoms with Gasteiger partial charge in [0.15, 0.2) is 0 Å². The van der Waals surface area contributed by atoms with Gasteiger partial charge in [0.05, 0.1) is 20.3 Å². The van der Waals surface area contributed by atoms with Crippen LogP contribution in [0.1, 0.15) is 6.42 Å². The standard InChI is InChI=1S/C9H20N2O4/c1-15-9(14)10-3-2-4-11(5-7-12)6-8-13/h12-13H,2-8H2,1H3,(H,10,14). The van der Waals surface area contributed by atoms with Crippen molar-refractivity contribution in [2.24, 2.45) is 0 Å². The first-order valence-corrected chi connectivity index (χ1v) is 5.00. The van der Waals surface area contributed by atoms with Gasteiger partial charge in [0.25, 0.3) is 0 Å². The van der Waals surface area contributed by atoms with Crippen LogP contribution in [0.2, 0.25) is 0 Å². The Balaban J connectivity index is 3.48. The van der Waals surface area contributed by atoms with E-state index in [1.165, 1.54) is 7.11 Å². The van der Waals surface area contributed by atoms with E-state index in [1.807, 2.05) is 4.90 Å². The average Bonchev–Trinajstić information content (AvgIpc) is 2.24. The molecule has 0 rings (SSSR count). The highest BCUT2D eigenvalue weighted by molar-refractivity contribution is 5.66. The zero-order chi connectivity index (χ0) is 11.5. The zero-order valence-corrected chi connectivity index (χ0v) is 9.11. The SMILES string of the molecule is COC(=O)NCCCN(CCO)CCO. The van der Waals surface area contributed by atoms with E-state index in [2.05, 4.69) is 10.1 Å². The maximum atomic E-state index is 10.7. The summed E-state index contributed by atoms with van der Waals surface area (Å²) in [5.41, 5.74) is 0. The van der Waals surface area contributed by atoms with Crippen molar-refractivity contribution in [1.29, 1.82) is 0 Å². The van der Waals surface area contributed by atoms with Gasteiger partial charge in [0.1, 0.15) is 0 Å². The van der Waals surface area contributed by atoms with Crippen molar-refractivity contribution in [3.8, 4) is 0 Å². The van der Waals surface area contributed by atoms with Gasteiger partial charge in [-0.25, -0.2) is 4.79 Å². The number of carbonyl (C=O) groups is 1. The molecule has 0 aliphatic heterocycles. The molecule has 90 valence electrons. The number of hydrogen-bond donors (Lipinski definition) is 3. The summed E-state index contributed by atoms with van der Waals surface area (Å²) in [5.74, 6) is 0. The molecule has 0 saturated heterocycles. The number of nitrogens with zero attached hydrogens (tertiary/aromatic N) is 1.